The van der Waals surface area contributed by atoms with Crippen molar-refractivity contribution in [2.75, 3.05) is 33.9 Å². The Hall–Kier alpha value is -3.53. The van der Waals surface area contributed by atoms with E-state index < -0.39 is 34.9 Å². The molecule has 1 N–H and O–H groups in total. The van der Waals surface area contributed by atoms with Crippen molar-refractivity contribution in [3.8, 4) is 17.2 Å². The molecule has 6 rings (SSSR count). The van der Waals surface area contributed by atoms with Crippen LogP contribution in [0.3, 0.4) is 0 Å². The number of esters is 1. The first-order chi connectivity index (χ1) is 21.5. The van der Waals surface area contributed by atoms with Crippen molar-refractivity contribution in [3.63, 3.8) is 0 Å². The van der Waals surface area contributed by atoms with E-state index in [9.17, 15) is 23.9 Å². The number of rotatable bonds is 8. The van der Waals surface area contributed by atoms with E-state index in [0.717, 1.165) is 31.7 Å². The Bertz CT molecular complexity index is 1530. The third kappa shape index (κ3) is 5.70. The van der Waals surface area contributed by atoms with Crippen LogP contribution in [0.15, 0.2) is 24.3 Å². The highest BCUT2D eigenvalue weighted by Crippen LogP contribution is 2.54. The van der Waals surface area contributed by atoms with E-state index in [1.165, 1.54) is 7.11 Å². The average molecular weight is 643 g/mol. The molecule has 3 atom stereocenters. The van der Waals surface area contributed by atoms with Gasteiger partial charge in [0.1, 0.15) is 18.1 Å². The molecule has 242 valence electrons. The maximum atomic E-state index is 14.9. The zero-order chi connectivity index (χ0) is 32.1. The summed E-state index contributed by atoms with van der Waals surface area (Å²) < 4.78 is 31.5. The van der Waals surface area contributed by atoms with E-state index in [-0.39, 0.29) is 47.5 Å². The number of phenols is 1. The zero-order valence-corrected chi connectivity index (χ0v) is 26.8. The molecule has 1 spiro atoms. The van der Waals surface area contributed by atoms with Crippen LogP contribution in [-0.4, -0.2) is 66.5 Å². The molecule has 9 nitrogen and oxygen atoms in total. The lowest BCUT2D eigenvalue weighted by Crippen LogP contribution is -2.53. The molecule has 3 fully saturated rings. The molecule has 2 saturated carbocycles. The number of carbonyl (C=O) groups is 3. The highest BCUT2D eigenvalue weighted by molar-refractivity contribution is 6.31. The van der Waals surface area contributed by atoms with Crippen LogP contribution < -0.4 is 9.47 Å². The number of ether oxygens (including phenoxy) is 3. The molecule has 0 radical (unpaired) electrons. The van der Waals surface area contributed by atoms with Crippen LogP contribution in [0, 0.1) is 22.6 Å². The summed E-state index contributed by atoms with van der Waals surface area (Å²) >= 11 is 6.46. The van der Waals surface area contributed by atoms with Crippen LogP contribution in [0.5, 0.6) is 17.2 Å². The Balaban J connectivity index is 1.28. The van der Waals surface area contributed by atoms with Gasteiger partial charge in [-0.25, -0.2) is 4.39 Å². The molecule has 11 heteroatoms. The molecule has 2 heterocycles. The number of fused-ring (bicyclic) bond motifs is 1. The molecule has 45 heavy (non-hydrogen) atoms. The first-order valence-corrected chi connectivity index (χ1v) is 16.0. The van der Waals surface area contributed by atoms with Gasteiger partial charge in [-0.15, -0.1) is 0 Å². The first-order valence-electron chi connectivity index (χ1n) is 15.7. The number of aromatic hydroxyl groups is 1. The number of phenolic OH excluding ortho intramolecular Hbond substituents is 1. The number of likely N-dealkylation sites (tertiary alicyclic amines) is 1. The van der Waals surface area contributed by atoms with Gasteiger partial charge in [-0.1, -0.05) is 24.4 Å². The lowest BCUT2D eigenvalue weighted by molar-refractivity contribution is -0.169. The van der Waals surface area contributed by atoms with Crippen molar-refractivity contribution in [2.45, 2.75) is 70.9 Å². The molecule has 2 amide bonds. The Morgan fingerprint density at radius 2 is 1.91 bits per heavy atom. The standard InChI is InChI=1S/C34H40ClFN2O7/c1-33(32(42)45-18-20-7-8-21(43-2)14-27(20)44-3)10-5-4-6-23(33)31(41)38-13-9-22-24(35)15-25(36)30(40)29(22)26(38)17-37-19-34(11-12-34)16-28(37)39/h7-8,14-15,23,26,40H,4-6,9-13,16-19H2,1-3H3/t23-,26?,33-/m0/s1. The molecule has 1 saturated heterocycles. The number of nitrogens with zero attached hydrogens (tertiary/aromatic N) is 2. The molecule has 0 bridgehead atoms. The maximum Gasteiger partial charge on any atom is 0.312 e. The summed E-state index contributed by atoms with van der Waals surface area (Å²) in [4.78, 5) is 44.8. The summed E-state index contributed by atoms with van der Waals surface area (Å²) in [5, 5.41) is 11.2. The smallest absolute Gasteiger partial charge is 0.312 e. The van der Waals surface area contributed by atoms with E-state index >= 15 is 0 Å². The van der Waals surface area contributed by atoms with Crippen LogP contribution in [0.2, 0.25) is 5.02 Å². The van der Waals surface area contributed by atoms with Gasteiger partial charge in [-0.3, -0.25) is 14.4 Å². The fourth-order valence-electron chi connectivity index (χ4n) is 7.60. The maximum absolute atomic E-state index is 14.9. The lowest BCUT2D eigenvalue weighted by Gasteiger charge is -2.45. The SMILES string of the molecule is COc1ccc(COC(=O)[C@@]2(C)CCCC[C@H]2C(=O)N2CCc3c(Cl)cc(F)c(O)c3C2CN2CC3(CC3)CC2=O)c(OC)c1. The third-order valence-electron chi connectivity index (χ3n) is 10.5. The van der Waals surface area contributed by atoms with E-state index in [1.54, 1.807) is 42.0 Å². The Kier molecular flexibility index (Phi) is 8.39. The summed E-state index contributed by atoms with van der Waals surface area (Å²) in [7, 11) is 3.08. The summed E-state index contributed by atoms with van der Waals surface area (Å²) in [6.45, 7) is 2.71. The summed E-state index contributed by atoms with van der Waals surface area (Å²) in [5.41, 5.74) is 0.374. The largest absolute Gasteiger partial charge is 0.505 e. The van der Waals surface area contributed by atoms with Gasteiger partial charge >= 0.3 is 5.97 Å². The van der Waals surface area contributed by atoms with Gasteiger partial charge in [-0.2, -0.15) is 0 Å². The summed E-state index contributed by atoms with van der Waals surface area (Å²) in [5.74, 6) is -1.74. The highest BCUT2D eigenvalue weighted by atomic mass is 35.5. The van der Waals surface area contributed by atoms with Crippen molar-refractivity contribution in [3.05, 3.63) is 51.8 Å². The second kappa shape index (κ2) is 12.0. The Morgan fingerprint density at radius 3 is 2.60 bits per heavy atom. The number of halogens is 2. The van der Waals surface area contributed by atoms with Crippen molar-refractivity contribution in [1.29, 1.82) is 0 Å². The molecule has 4 aliphatic rings. The van der Waals surface area contributed by atoms with E-state index in [0.29, 0.717) is 54.9 Å². The second-order valence-electron chi connectivity index (χ2n) is 13.3. The minimum atomic E-state index is -1.11. The second-order valence-corrected chi connectivity index (χ2v) is 13.7. The summed E-state index contributed by atoms with van der Waals surface area (Å²) in [6, 6.07) is 5.53. The lowest BCUT2D eigenvalue weighted by atomic mass is 9.66. The van der Waals surface area contributed by atoms with Gasteiger partial charge in [0.2, 0.25) is 11.8 Å². The van der Waals surface area contributed by atoms with Crippen molar-refractivity contribution in [2.24, 2.45) is 16.7 Å². The van der Waals surface area contributed by atoms with Gasteiger partial charge in [0.05, 0.1) is 31.6 Å². The fourth-order valence-corrected chi connectivity index (χ4v) is 7.89. The average Bonchev–Trinajstić information content (AvgIpc) is 3.72. The number of benzene rings is 2. The zero-order valence-electron chi connectivity index (χ0n) is 26.0. The summed E-state index contributed by atoms with van der Waals surface area (Å²) in [6.07, 6.45) is 5.21. The predicted molar refractivity (Wildman–Crippen MR) is 164 cm³/mol. The van der Waals surface area contributed by atoms with E-state index in [2.05, 4.69) is 0 Å². The van der Waals surface area contributed by atoms with Gasteiger partial charge < -0.3 is 29.1 Å². The predicted octanol–water partition coefficient (Wildman–Crippen LogP) is 5.58. The molecule has 2 aromatic rings. The van der Waals surface area contributed by atoms with Crippen LogP contribution in [0.4, 0.5) is 4.39 Å². The van der Waals surface area contributed by atoms with E-state index in [4.69, 9.17) is 25.8 Å². The normalized spacial score (nSPS) is 25.2. The molecular formula is C34H40ClFN2O7. The number of methoxy groups -OCH3 is 2. The quantitative estimate of drug-likeness (QED) is 0.375. The van der Waals surface area contributed by atoms with Crippen molar-refractivity contribution in [1.82, 2.24) is 9.80 Å². The van der Waals surface area contributed by atoms with Gasteiger partial charge in [-0.05, 0) is 68.2 Å². The van der Waals surface area contributed by atoms with Gasteiger partial charge in [0, 0.05) is 48.3 Å². The van der Waals surface area contributed by atoms with Gasteiger partial charge in [0.15, 0.2) is 11.6 Å². The molecule has 0 aromatic heterocycles. The highest BCUT2D eigenvalue weighted by Gasteiger charge is 2.54. The molecule has 1 unspecified atom stereocenters. The van der Waals surface area contributed by atoms with Crippen LogP contribution in [0.25, 0.3) is 0 Å². The molecule has 2 aliphatic heterocycles. The van der Waals surface area contributed by atoms with Crippen LogP contribution in [-0.2, 0) is 32.1 Å². The van der Waals surface area contributed by atoms with Crippen LogP contribution in [0.1, 0.15) is 74.6 Å². The number of carbonyl (C=O) groups excluding carboxylic acids is 3. The van der Waals surface area contributed by atoms with Crippen LogP contribution >= 0.6 is 11.6 Å². The number of amides is 2. The van der Waals surface area contributed by atoms with E-state index in [1.807, 2.05) is 0 Å². The number of hydrogen-bond donors (Lipinski definition) is 1. The third-order valence-corrected chi connectivity index (χ3v) is 10.9. The Morgan fingerprint density at radius 1 is 1.13 bits per heavy atom. The minimum Gasteiger partial charge on any atom is -0.505 e. The molecule has 2 aromatic carbocycles. The first kappa shape index (κ1) is 31.5. The van der Waals surface area contributed by atoms with Gasteiger partial charge in [0.25, 0.3) is 0 Å². The van der Waals surface area contributed by atoms with Crippen molar-refractivity contribution < 1.29 is 38.1 Å². The molecular weight excluding hydrogens is 603 g/mol. The number of hydrogen-bond acceptors (Lipinski definition) is 7. The monoisotopic (exact) mass is 642 g/mol. The molecule has 2 aliphatic carbocycles. The van der Waals surface area contributed by atoms with Crippen molar-refractivity contribution >= 4 is 29.4 Å². The Labute approximate surface area is 267 Å². The topological polar surface area (TPSA) is 106 Å². The minimum absolute atomic E-state index is 0.00550. The fraction of sp³-hybridized carbons (Fsp3) is 0.559.